The number of carbonyl (C=O) groups is 3. The molecule has 0 aromatic carbocycles. The number of aliphatic carboxylic acids is 2. The lowest BCUT2D eigenvalue weighted by Crippen LogP contribution is -2.44. The molecule has 0 fully saturated rings. The Labute approximate surface area is 243 Å². The van der Waals surface area contributed by atoms with E-state index >= 15 is 0 Å². The van der Waals surface area contributed by atoms with Gasteiger partial charge in [0.05, 0.1) is 6.42 Å². The van der Waals surface area contributed by atoms with Gasteiger partial charge in [0.25, 0.3) is 10.1 Å². The van der Waals surface area contributed by atoms with Crippen molar-refractivity contribution in [1.82, 2.24) is 4.90 Å². The van der Waals surface area contributed by atoms with Crippen molar-refractivity contribution in [3.05, 3.63) is 12.3 Å². The maximum absolute atomic E-state index is 11.8. The predicted molar refractivity (Wildman–Crippen MR) is 161 cm³/mol. The lowest BCUT2D eigenvalue weighted by molar-refractivity contribution is -0.149. The molecule has 0 aliphatic carbocycles. The fourth-order valence-electron chi connectivity index (χ4n) is 4.65. The number of carboxylic acid groups (broad SMARTS) is 2. The molecule has 0 heterocycles. The quantitative estimate of drug-likeness (QED) is 0.0698. The smallest absolute Gasteiger partial charge is 0.326 e. The van der Waals surface area contributed by atoms with Crippen LogP contribution in [0.15, 0.2) is 12.3 Å². The van der Waals surface area contributed by atoms with E-state index in [2.05, 4.69) is 13.5 Å². The molecular weight excluding hydrogens is 534 g/mol. The van der Waals surface area contributed by atoms with E-state index in [0.717, 1.165) is 32.6 Å². The van der Waals surface area contributed by atoms with E-state index in [0.29, 0.717) is 6.42 Å². The van der Waals surface area contributed by atoms with Crippen LogP contribution in [0.4, 0.5) is 0 Å². The van der Waals surface area contributed by atoms with Crippen molar-refractivity contribution in [3.63, 3.8) is 0 Å². The van der Waals surface area contributed by atoms with Crippen LogP contribution in [0.5, 0.6) is 0 Å². The van der Waals surface area contributed by atoms with E-state index in [1.54, 1.807) is 0 Å². The number of allylic oxidation sites excluding steroid dienone is 1. The first-order valence-electron chi connectivity index (χ1n) is 15.3. The van der Waals surface area contributed by atoms with Crippen molar-refractivity contribution in [2.75, 3.05) is 6.54 Å². The summed E-state index contributed by atoms with van der Waals surface area (Å²) in [6.45, 7) is 11.1. The number of carboxylic acids is 2. The Morgan fingerprint density at radius 1 is 0.725 bits per heavy atom. The Morgan fingerprint density at radius 2 is 1.10 bits per heavy atom. The standard InChI is InChI=1S/C28H51NO8S.C2H6/c1-4-5-6-7-8-9-10-11-12-13-14-15-16-17-18-19-20-29(25(28(33)34)22-27(31)32)23(2)21-26(24(3)30)38(35,36)37;1-2/h25-26H,2,4-22H2,1,3H3,(H,31,32)(H,33,34)(H,35,36,37);1-2H3/t25-,26?;/m0./s1. The summed E-state index contributed by atoms with van der Waals surface area (Å²) in [6, 6.07) is -1.45. The minimum Gasteiger partial charge on any atom is -0.481 e. The Bertz CT molecular complexity index is 813. The van der Waals surface area contributed by atoms with Crippen molar-refractivity contribution in [1.29, 1.82) is 0 Å². The highest BCUT2D eigenvalue weighted by Gasteiger charge is 2.34. The van der Waals surface area contributed by atoms with Crippen LogP contribution in [0.25, 0.3) is 0 Å². The number of Topliss-reactive ketones (excluding diaryl/α,β-unsaturated/α-hetero) is 1. The molecule has 0 radical (unpaired) electrons. The molecule has 1 unspecified atom stereocenters. The highest BCUT2D eigenvalue weighted by atomic mass is 32.2. The summed E-state index contributed by atoms with van der Waals surface area (Å²) in [4.78, 5) is 36.0. The summed E-state index contributed by atoms with van der Waals surface area (Å²) in [7, 11) is -4.71. The summed E-state index contributed by atoms with van der Waals surface area (Å²) < 4.78 is 32.6. The van der Waals surface area contributed by atoms with Gasteiger partial charge in [0.1, 0.15) is 11.3 Å². The van der Waals surface area contributed by atoms with Crippen LogP contribution in [0, 0.1) is 0 Å². The Balaban J connectivity index is 0. The Hall–Kier alpha value is -1.94. The van der Waals surface area contributed by atoms with E-state index in [9.17, 15) is 32.5 Å². The first kappa shape index (κ1) is 40.2. The molecule has 0 aliphatic heterocycles. The highest BCUT2D eigenvalue weighted by Crippen LogP contribution is 2.22. The van der Waals surface area contributed by atoms with Crippen LogP contribution >= 0.6 is 0 Å². The second kappa shape index (κ2) is 24.8. The first-order chi connectivity index (χ1) is 18.9. The molecule has 236 valence electrons. The van der Waals surface area contributed by atoms with Gasteiger partial charge in [-0.3, -0.25) is 14.1 Å². The van der Waals surface area contributed by atoms with Gasteiger partial charge in [0.2, 0.25) is 0 Å². The Morgan fingerprint density at radius 3 is 1.40 bits per heavy atom. The van der Waals surface area contributed by atoms with Gasteiger partial charge in [0, 0.05) is 18.7 Å². The molecule has 0 aliphatic rings. The minimum absolute atomic E-state index is 0.00238. The van der Waals surface area contributed by atoms with E-state index in [-0.39, 0.29) is 12.2 Å². The van der Waals surface area contributed by atoms with Crippen LogP contribution < -0.4 is 0 Å². The highest BCUT2D eigenvalue weighted by molar-refractivity contribution is 7.87. The minimum atomic E-state index is -4.71. The molecule has 40 heavy (non-hydrogen) atoms. The molecular formula is C30H57NO8S. The van der Waals surface area contributed by atoms with Crippen molar-refractivity contribution in [3.8, 4) is 0 Å². The molecule has 0 spiro atoms. The van der Waals surface area contributed by atoms with Crippen LogP contribution in [0.1, 0.15) is 143 Å². The van der Waals surface area contributed by atoms with Crippen molar-refractivity contribution < 1.29 is 37.6 Å². The molecule has 0 aromatic rings. The normalized spacial score (nSPS) is 12.6. The van der Waals surface area contributed by atoms with Crippen LogP contribution in [-0.4, -0.2) is 63.6 Å². The van der Waals surface area contributed by atoms with Crippen LogP contribution in [0.2, 0.25) is 0 Å². The van der Waals surface area contributed by atoms with E-state index in [1.165, 1.54) is 75.5 Å². The number of rotatable bonds is 26. The third-order valence-electron chi connectivity index (χ3n) is 6.92. The zero-order valence-electron chi connectivity index (χ0n) is 25.5. The average molecular weight is 592 g/mol. The van der Waals surface area contributed by atoms with Gasteiger partial charge in [-0.05, 0) is 13.3 Å². The van der Waals surface area contributed by atoms with Crippen molar-refractivity contribution >= 4 is 27.8 Å². The fraction of sp³-hybridized carbons (Fsp3) is 0.833. The molecule has 10 heteroatoms. The summed E-state index contributed by atoms with van der Waals surface area (Å²) in [6.07, 6.45) is 17.7. The van der Waals surface area contributed by atoms with Gasteiger partial charge < -0.3 is 15.1 Å². The third-order valence-corrected chi connectivity index (χ3v) is 8.14. The average Bonchev–Trinajstić information content (AvgIpc) is 2.88. The molecule has 2 atom stereocenters. The SMILES string of the molecule is C=C(CC(C(C)=O)S(=O)(=O)O)N(CCCCCCCCCCCCCCCCCC)[C@@H](CC(=O)O)C(=O)O.CC. The molecule has 0 bridgehead atoms. The zero-order chi connectivity index (χ0) is 31.0. The van der Waals surface area contributed by atoms with E-state index in [4.69, 9.17) is 5.11 Å². The van der Waals surface area contributed by atoms with Gasteiger partial charge in [-0.1, -0.05) is 124 Å². The molecule has 0 saturated carbocycles. The third kappa shape index (κ3) is 20.9. The van der Waals surface area contributed by atoms with Crippen molar-refractivity contribution in [2.24, 2.45) is 0 Å². The molecule has 0 saturated heterocycles. The summed E-state index contributed by atoms with van der Waals surface area (Å²) in [5, 5.41) is 17.0. The number of hydrogen-bond acceptors (Lipinski definition) is 6. The topological polar surface area (TPSA) is 149 Å². The molecule has 3 N–H and O–H groups in total. The molecule has 0 aromatic heterocycles. The zero-order valence-corrected chi connectivity index (χ0v) is 26.4. The van der Waals surface area contributed by atoms with E-state index < -0.39 is 52.0 Å². The predicted octanol–water partition coefficient (Wildman–Crippen LogP) is 7.25. The van der Waals surface area contributed by atoms with Crippen LogP contribution in [0.3, 0.4) is 0 Å². The first-order valence-corrected chi connectivity index (χ1v) is 16.8. The summed E-state index contributed by atoms with van der Waals surface area (Å²) in [5.74, 6) is -3.50. The number of unbranched alkanes of at least 4 members (excludes halogenated alkanes) is 15. The van der Waals surface area contributed by atoms with Gasteiger partial charge in [-0.2, -0.15) is 8.42 Å². The summed E-state index contributed by atoms with van der Waals surface area (Å²) in [5.41, 5.74) is -0.00238. The van der Waals surface area contributed by atoms with Gasteiger partial charge in [-0.25, -0.2) is 4.79 Å². The second-order valence-corrected chi connectivity index (χ2v) is 11.9. The van der Waals surface area contributed by atoms with Crippen molar-refractivity contribution in [2.45, 2.75) is 155 Å². The molecule has 0 rings (SSSR count). The largest absolute Gasteiger partial charge is 0.481 e. The summed E-state index contributed by atoms with van der Waals surface area (Å²) >= 11 is 0. The van der Waals surface area contributed by atoms with E-state index in [1.807, 2.05) is 13.8 Å². The number of carbonyl (C=O) groups excluding carboxylic acids is 1. The lowest BCUT2D eigenvalue weighted by atomic mass is 10.0. The second-order valence-electron chi connectivity index (χ2n) is 10.3. The molecule has 9 nitrogen and oxygen atoms in total. The monoisotopic (exact) mass is 591 g/mol. The van der Waals surface area contributed by atoms with Crippen LogP contribution in [-0.2, 0) is 24.5 Å². The fourth-order valence-corrected chi connectivity index (χ4v) is 5.47. The lowest BCUT2D eigenvalue weighted by Gasteiger charge is -2.33. The number of hydrogen-bond donors (Lipinski definition) is 3. The van der Waals surface area contributed by atoms with Gasteiger partial charge in [-0.15, -0.1) is 0 Å². The maximum Gasteiger partial charge on any atom is 0.326 e. The molecule has 0 amide bonds. The van der Waals surface area contributed by atoms with Gasteiger partial charge >= 0.3 is 11.9 Å². The Kier molecular flexibility index (Phi) is 24.9. The maximum atomic E-state index is 11.8. The number of nitrogens with zero attached hydrogens (tertiary/aromatic N) is 1. The van der Waals surface area contributed by atoms with Gasteiger partial charge in [0.15, 0.2) is 5.78 Å². The number of ketones is 1.